The Labute approximate surface area is 93.0 Å². The molecule has 15 heavy (non-hydrogen) atoms. The maximum Gasteiger partial charge on any atom is 0.333 e. The second-order valence-electron chi connectivity index (χ2n) is 2.71. The molecule has 1 heterocycles. The second kappa shape index (κ2) is 7.56. The molecule has 0 saturated heterocycles. The number of aromatic nitrogens is 2. The number of methoxy groups -OCH3 is 1. The second-order valence-corrected chi connectivity index (χ2v) is 2.71. The van der Waals surface area contributed by atoms with Crippen LogP contribution >= 0.6 is 12.4 Å². The van der Waals surface area contributed by atoms with Crippen LogP contribution in [0.2, 0.25) is 0 Å². The molecule has 0 aliphatic heterocycles. The third kappa shape index (κ3) is 4.55. The fraction of sp³-hybridized carbons (Fsp3) is 0.625. The first-order valence-corrected chi connectivity index (χ1v) is 4.26. The molecular weight excluding hydrogens is 228 g/mol. The van der Waals surface area contributed by atoms with Crippen molar-refractivity contribution in [2.45, 2.75) is 13.1 Å². The van der Waals surface area contributed by atoms with E-state index in [9.17, 15) is 8.78 Å². The molecular formula is C8H14ClF2N3O. The number of hydrogen-bond donors (Lipinski definition) is 1. The monoisotopic (exact) mass is 241 g/mol. The number of nitrogens with one attached hydrogen (secondary N) is 1. The zero-order valence-corrected chi connectivity index (χ0v) is 9.14. The van der Waals surface area contributed by atoms with Gasteiger partial charge in [-0.1, -0.05) is 0 Å². The predicted molar refractivity (Wildman–Crippen MR) is 54.3 cm³/mol. The molecule has 88 valence electrons. The first-order chi connectivity index (χ1) is 6.75. The van der Waals surface area contributed by atoms with Gasteiger partial charge in [0.2, 0.25) is 0 Å². The SMILES string of the molecule is COCCNCc1ccnn1C(F)F.Cl. The van der Waals surface area contributed by atoms with E-state index in [1.807, 2.05) is 0 Å². The van der Waals surface area contributed by atoms with E-state index in [1.165, 1.54) is 6.20 Å². The van der Waals surface area contributed by atoms with Gasteiger partial charge in [0.1, 0.15) is 0 Å². The summed E-state index contributed by atoms with van der Waals surface area (Å²) >= 11 is 0. The Kier molecular flexibility index (Phi) is 7.19. The molecule has 0 amide bonds. The Morgan fingerprint density at radius 1 is 1.60 bits per heavy atom. The predicted octanol–water partition coefficient (Wildman–Crippen LogP) is 1.44. The van der Waals surface area contributed by atoms with Crippen LogP contribution in [0.1, 0.15) is 12.2 Å². The quantitative estimate of drug-likeness (QED) is 0.766. The van der Waals surface area contributed by atoms with Crippen LogP contribution in [-0.2, 0) is 11.3 Å². The zero-order valence-electron chi connectivity index (χ0n) is 8.32. The van der Waals surface area contributed by atoms with Crippen molar-refractivity contribution in [3.8, 4) is 0 Å². The summed E-state index contributed by atoms with van der Waals surface area (Å²) in [5.41, 5.74) is 0.469. The van der Waals surface area contributed by atoms with Crippen molar-refractivity contribution in [2.24, 2.45) is 0 Å². The molecule has 0 aliphatic carbocycles. The smallest absolute Gasteiger partial charge is 0.333 e. The van der Waals surface area contributed by atoms with Gasteiger partial charge in [0, 0.05) is 26.4 Å². The van der Waals surface area contributed by atoms with Crippen LogP contribution in [0.15, 0.2) is 12.3 Å². The van der Waals surface area contributed by atoms with E-state index in [0.717, 1.165) is 0 Å². The minimum absolute atomic E-state index is 0. The molecule has 0 fully saturated rings. The summed E-state index contributed by atoms with van der Waals surface area (Å²) in [7, 11) is 1.59. The molecule has 7 heteroatoms. The van der Waals surface area contributed by atoms with Gasteiger partial charge in [-0.3, -0.25) is 0 Å². The summed E-state index contributed by atoms with van der Waals surface area (Å²) in [5.74, 6) is 0. The van der Waals surface area contributed by atoms with Gasteiger partial charge in [0.05, 0.1) is 12.3 Å². The summed E-state index contributed by atoms with van der Waals surface area (Å²) in [4.78, 5) is 0. The summed E-state index contributed by atoms with van der Waals surface area (Å²) in [5, 5.41) is 6.47. The lowest BCUT2D eigenvalue weighted by molar-refractivity contribution is 0.0530. The highest BCUT2D eigenvalue weighted by Gasteiger charge is 2.10. The molecule has 1 rings (SSSR count). The first kappa shape index (κ1) is 14.3. The summed E-state index contributed by atoms with van der Waals surface area (Å²) in [6.45, 7) is -1.02. The Morgan fingerprint density at radius 2 is 2.33 bits per heavy atom. The first-order valence-electron chi connectivity index (χ1n) is 4.26. The Balaban J connectivity index is 0.00000196. The van der Waals surface area contributed by atoms with Crippen molar-refractivity contribution >= 4 is 12.4 Å². The molecule has 1 N–H and O–H groups in total. The molecule has 0 radical (unpaired) electrons. The summed E-state index contributed by atoms with van der Waals surface area (Å²) in [6, 6.07) is 1.56. The van der Waals surface area contributed by atoms with Crippen molar-refractivity contribution in [2.75, 3.05) is 20.3 Å². The average molecular weight is 242 g/mol. The Hall–Kier alpha value is -0.720. The third-order valence-corrected chi connectivity index (χ3v) is 1.73. The van der Waals surface area contributed by atoms with Gasteiger partial charge in [0.25, 0.3) is 0 Å². The van der Waals surface area contributed by atoms with Crippen molar-refractivity contribution in [1.82, 2.24) is 15.1 Å². The lowest BCUT2D eigenvalue weighted by atomic mass is 10.4. The molecule has 0 aromatic carbocycles. The van der Waals surface area contributed by atoms with Gasteiger partial charge < -0.3 is 10.1 Å². The molecule has 4 nitrogen and oxygen atoms in total. The molecule has 1 aromatic rings. The highest BCUT2D eigenvalue weighted by atomic mass is 35.5. The van der Waals surface area contributed by atoms with E-state index in [2.05, 4.69) is 10.4 Å². The minimum atomic E-state index is -2.58. The van der Waals surface area contributed by atoms with E-state index in [0.29, 0.717) is 30.1 Å². The lowest BCUT2D eigenvalue weighted by Gasteiger charge is -2.06. The highest BCUT2D eigenvalue weighted by molar-refractivity contribution is 5.85. The number of halogens is 3. The minimum Gasteiger partial charge on any atom is -0.383 e. The topological polar surface area (TPSA) is 39.1 Å². The third-order valence-electron chi connectivity index (χ3n) is 1.73. The number of rotatable bonds is 6. The molecule has 0 spiro atoms. The van der Waals surface area contributed by atoms with E-state index in [1.54, 1.807) is 13.2 Å². The Morgan fingerprint density at radius 3 is 2.93 bits per heavy atom. The standard InChI is InChI=1S/C8H13F2N3O.ClH/c1-14-5-4-11-6-7-2-3-12-13(7)8(9)10;/h2-3,8,11H,4-6H2,1H3;1H. The number of hydrogen-bond acceptors (Lipinski definition) is 3. The van der Waals surface area contributed by atoms with Crippen LogP contribution in [0.25, 0.3) is 0 Å². The van der Waals surface area contributed by atoms with E-state index in [-0.39, 0.29) is 12.4 Å². The average Bonchev–Trinajstić information content (AvgIpc) is 2.60. The van der Waals surface area contributed by atoms with Gasteiger partial charge in [-0.25, -0.2) is 4.68 Å². The van der Waals surface area contributed by atoms with Crippen LogP contribution in [0.5, 0.6) is 0 Å². The maximum atomic E-state index is 12.3. The fourth-order valence-corrected chi connectivity index (χ4v) is 1.05. The van der Waals surface area contributed by atoms with Crippen LogP contribution < -0.4 is 5.32 Å². The van der Waals surface area contributed by atoms with Crippen molar-refractivity contribution in [3.05, 3.63) is 18.0 Å². The largest absolute Gasteiger partial charge is 0.383 e. The van der Waals surface area contributed by atoms with E-state index >= 15 is 0 Å². The van der Waals surface area contributed by atoms with Crippen molar-refractivity contribution in [3.63, 3.8) is 0 Å². The van der Waals surface area contributed by atoms with Crippen LogP contribution in [0.3, 0.4) is 0 Å². The van der Waals surface area contributed by atoms with Gasteiger partial charge in [0.15, 0.2) is 0 Å². The van der Waals surface area contributed by atoms with Crippen molar-refractivity contribution in [1.29, 1.82) is 0 Å². The maximum absolute atomic E-state index is 12.3. The van der Waals surface area contributed by atoms with E-state index in [4.69, 9.17) is 4.74 Å². The van der Waals surface area contributed by atoms with Gasteiger partial charge in [-0.2, -0.15) is 13.9 Å². The lowest BCUT2D eigenvalue weighted by Crippen LogP contribution is -2.21. The van der Waals surface area contributed by atoms with Crippen LogP contribution in [0.4, 0.5) is 8.78 Å². The van der Waals surface area contributed by atoms with Gasteiger partial charge in [-0.05, 0) is 6.07 Å². The molecule has 0 bridgehead atoms. The molecule has 0 aliphatic rings. The fourth-order valence-electron chi connectivity index (χ4n) is 1.05. The summed E-state index contributed by atoms with van der Waals surface area (Å²) < 4.78 is 30.1. The number of nitrogens with zero attached hydrogens (tertiary/aromatic N) is 2. The van der Waals surface area contributed by atoms with Crippen molar-refractivity contribution < 1.29 is 13.5 Å². The van der Waals surface area contributed by atoms with E-state index < -0.39 is 6.55 Å². The van der Waals surface area contributed by atoms with Gasteiger partial charge >= 0.3 is 6.55 Å². The molecule has 0 saturated carbocycles. The van der Waals surface area contributed by atoms with Crippen LogP contribution in [0, 0.1) is 0 Å². The molecule has 0 atom stereocenters. The summed E-state index contributed by atoms with van der Waals surface area (Å²) in [6.07, 6.45) is 1.36. The normalized spacial score (nSPS) is 10.4. The molecule has 0 unspecified atom stereocenters. The highest BCUT2D eigenvalue weighted by Crippen LogP contribution is 2.11. The van der Waals surface area contributed by atoms with Gasteiger partial charge in [-0.15, -0.1) is 12.4 Å². The zero-order chi connectivity index (χ0) is 10.4. The molecule has 1 aromatic heterocycles. The van der Waals surface area contributed by atoms with Crippen LogP contribution in [-0.4, -0.2) is 30.0 Å². The Bertz CT molecular complexity index is 270. The number of ether oxygens (including phenoxy) is 1. The number of alkyl halides is 2.